The Hall–Kier alpha value is -2.40. The van der Waals surface area contributed by atoms with Crippen molar-refractivity contribution >= 4 is 23.7 Å². The number of nitrogens with one attached hydrogen (secondary N) is 1. The third-order valence-corrected chi connectivity index (χ3v) is 2.97. The molecule has 1 amide bonds. The molecule has 0 aliphatic heterocycles. The highest BCUT2D eigenvalue weighted by Crippen LogP contribution is 2.12. The van der Waals surface area contributed by atoms with Gasteiger partial charge in [-0.3, -0.25) is 9.59 Å². The normalized spacial score (nSPS) is 10.7. The monoisotopic (exact) mass is 289 g/mol. The van der Waals surface area contributed by atoms with E-state index in [1.165, 1.54) is 29.1 Å². The summed E-state index contributed by atoms with van der Waals surface area (Å²) >= 11 is 5.95. The van der Waals surface area contributed by atoms with Crippen molar-refractivity contribution in [2.24, 2.45) is 12.1 Å². The summed E-state index contributed by atoms with van der Waals surface area (Å²) in [5.41, 5.74) is 3.25. The molecular formula is C14H12ClN3O2. The van der Waals surface area contributed by atoms with Gasteiger partial charge in [-0.05, 0) is 12.1 Å². The molecule has 0 saturated heterocycles. The molecular weight excluding hydrogens is 278 g/mol. The number of amides is 1. The van der Waals surface area contributed by atoms with Crippen LogP contribution < -0.4 is 11.0 Å². The fraction of sp³-hybridized carbons (Fsp3) is 0.0714. The third-order valence-electron chi connectivity index (χ3n) is 2.62. The van der Waals surface area contributed by atoms with Crippen molar-refractivity contribution in [1.82, 2.24) is 9.99 Å². The van der Waals surface area contributed by atoms with Crippen LogP contribution in [0.25, 0.3) is 0 Å². The summed E-state index contributed by atoms with van der Waals surface area (Å²) in [4.78, 5) is 23.0. The van der Waals surface area contributed by atoms with Crippen LogP contribution in [0.2, 0.25) is 5.02 Å². The molecule has 0 spiro atoms. The van der Waals surface area contributed by atoms with Crippen LogP contribution in [-0.2, 0) is 7.05 Å². The van der Waals surface area contributed by atoms with Crippen molar-refractivity contribution in [2.45, 2.75) is 0 Å². The maximum Gasteiger partial charge on any atom is 0.272 e. The van der Waals surface area contributed by atoms with Crippen LogP contribution in [0.15, 0.2) is 52.5 Å². The topological polar surface area (TPSA) is 63.5 Å². The molecule has 1 N–H and O–H groups in total. The Morgan fingerprint density at radius 3 is 2.75 bits per heavy atom. The minimum absolute atomic E-state index is 0.180. The number of hydrogen-bond donors (Lipinski definition) is 1. The first-order valence-electron chi connectivity index (χ1n) is 5.82. The summed E-state index contributed by atoms with van der Waals surface area (Å²) in [6.07, 6.45) is 2.91. The van der Waals surface area contributed by atoms with Crippen molar-refractivity contribution < 1.29 is 4.79 Å². The maximum atomic E-state index is 11.8. The van der Waals surface area contributed by atoms with E-state index >= 15 is 0 Å². The van der Waals surface area contributed by atoms with E-state index in [4.69, 9.17) is 11.6 Å². The van der Waals surface area contributed by atoms with Crippen LogP contribution >= 0.6 is 11.6 Å². The lowest BCUT2D eigenvalue weighted by Gasteiger charge is -2.02. The van der Waals surface area contributed by atoms with Crippen LogP contribution in [0, 0.1) is 0 Å². The van der Waals surface area contributed by atoms with Crippen LogP contribution in [-0.4, -0.2) is 16.7 Å². The fourth-order valence-electron chi connectivity index (χ4n) is 1.53. The number of hydrazone groups is 1. The lowest BCUT2D eigenvalue weighted by Crippen LogP contribution is -2.22. The number of aryl methyl sites for hydroxylation is 1. The van der Waals surface area contributed by atoms with Gasteiger partial charge in [0.25, 0.3) is 5.91 Å². The second-order valence-electron chi connectivity index (χ2n) is 4.09. The summed E-state index contributed by atoms with van der Waals surface area (Å²) in [6.45, 7) is 0. The zero-order valence-electron chi connectivity index (χ0n) is 10.7. The molecule has 0 fully saturated rings. The van der Waals surface area contributed by atoms with Gasteiger partial charge in [0.15, 0.2) is 0 Å². The van der Waals surface area contributed by atoms with Gasteiger partial charge in [-0.1, -0.05) is 29.8 Å². The zero-order valence-corrected chi connectivity index (χ0v) is 11.5. The third kappa shape index (κ3) is 3.33. The molecule has 0 aliphatic carbocycles. The second kappa shape index (κ2) is 6.16. The molecule has 102 valence electrons. The summed E-state index contributed by atoms with van der Waals surface area (Å²) in [6, 6.07) is 9.92. The number of halogens is 1. The SMILES string of the molecule is Cn1cc(C(=O)N/N=C/c2ccccc2Cl)ccc1=O. The fourth-order valence-corrected chi connectivity index (χ4v) is 1.72. The molecule has 0 atom stereocenters. The minimum Gasteiger partial charge on any atom is -0.318 e. The summed E-state index contributed by atoms with van der Waals surface area (Å²) in [5.74, 6) is -0.399. The molecule has 1 aromatic heterocycles. The maximum absolute atomic E-state index is 11.8. The van der Waals surface area contributed by atoms with Gasteiger partial charge in [0, 0.05) is 29.9 Å². The first kappa shape index (κ1) is 14.0. The average molecular weight is 290 g/mol. The van der Waals surface area contributed by atoms with E-state index in [0.29, 0.717) is 16.1 Å². The molecule has 1 heterocycles. The van der Waals surface area contributed by atoms with Gasteiger partial charge < -0.3 is 4.57 Å². The van der Waals surface area contributed by atoms with Crippen molar-refractivity contribution in [3.63, 3.8) is 0 Å². The smallest absolute Gasteiger partial charge is 0.272 e. The number of carbonyl (C=O) groups excluding carboxylic acids is 1. The second-order valence-corrected chi connectivity index (χ2v) is 4.49. The zero-order chi connectivity index (χ0) is 14.5. The molecule has 0 bridgehead atoms. The predicted octanol–water partition coefficient (Wildman–Crippen LogP) is 1.80. The summed E-state index contributed by atoms with van der Waals surface area (Å²) < 4.78 is 1.33. The molecule has 6 heteroatoms. The van der Waals surface area contributed by atoms with E-state index in [9.17, 15) is 9.59 Å². The predicted molar refractivity (Wildman–Crippen MR) is 78.2 cm³/mol. The molecule has 1 aromatic carbocycles. The van der Waals surface area contributed by atoms with Crippen molar-refractivity contribution in [2.75, 3.05) is 0 Å². The lowest BCUT2D eigenvalue weighted by molar-refractivity contribution is 0.0954. The molecule has 2 rings (SSSR count). The van der Waals surface area contributed by atoms with E-state index in [-0.39, 0.29) is 5.56 Å². The highest BCUT2D eigenvalue weighted by molar-refractivity contribution is 6.33. The molecule has 5 nitrogen and oxygen atoms in total. The van der Waals surface area contributed by atoms with Gasteiger partial charge in [0.2, 0.25) is 5.56 Å². The average Bonchev–Trinajstić information content (AvgIpc) is 2.44. The van der Waals surface area contributed by atoms with Gasteiger partial charge in [-0.15, -0.1) is 0 Å². The van der Waals surface area contributed by atoms with E-state index in [2.05, 4.69) is 10.5 Å². The number of benzene rings is 1. The van der Waals surface area contributed by atoms with Crippen molar-refractivity contribution in [3.05, 3.63) is 69.1 Å². The highest BCUT2D eigenvalue weighted by atomic mass is 35.5. The number of nitrogens with zero attached hydrogens (tertiary/aromatic N) is 2. The lowest BCUT2D eigenvalue weighted by atomic mass is 10.2. The van der Waals surface area contributed by atoms with Gasteiger partial charge in [-0.25, -0.2) is 5.43 Å². The van der Waals surface area contributed by atoms with Crippen molar-refractivity contribution in [1.29, 1.82) is 0 Å². The number of aromatic nitrogens is 1. The van der Waals surface area contributed by atoms with Gasteiger partial charge in [-0.2, -0.15) is 5.10 Å². The molecule has 20 heavy (non-hydrogen) atoms. The van der Waals surface area contributed by atoms with Gasteiger partial charge in [0.05, 0.1) is 11.8 Å². The quantitative estimate of drug-likeness (QED) is 0.692. The largest absolute Gasteiger partial charge is 0.318 e. The van der Waals surface area contributed by atoms with Crippen LogP contribution in [0.1, 0.15) is 15.9 Å². The minimum atomic E-state index is -0.399. The van der Waals surface area contributed by atoms with Crippen molar-refractivity contribution in [3.8, 4) is 0 Å². The Balaban J connectivity index is 2.07. The molecule has 0 radical (unpaired) electrons. The van der Waals surface area contributed by atoms with E-state index < -0.39 is 5.91 Å². The Labute approximate surface area is 120 Å². The highest BCUT2D eigenvalue weighted by Gasteiger charge is 2.05. The Bertz CT molecular complexity index is 722. The van der Waals surface area contributed by atoms with Crippen LogP contribution in [0.4, 0.5) is 0 Å². The Morgan fingerprint density at radius 2 is 2.05 bits per heavy atom. The first-order chi connectivity index (χ1) is 9.58. The summed E-state index contributed by atoms with van der Waals surface area (Å²) in [5, 5.41) is 4.38. The number of carbonyl (C=O) groups is 1. The Morgan fingerprint density at radius 1 is 1.30 bits per heavy atom. The van der Waals surface area contributed by atoms with Gasteiger partial charge >= 0.3 is 0 Å². The number of rotatable bonds is 3. The molecule has 2 aromatic rings. The van der Waals surface area contributed by atoms with Crippen LogP contribution in [0.3, 0.4) is 0 Å². The molecule has 0 unspecified atom stereocenters. The summed E-state index contributed by atoms with van der Waals surface area (Å²) in [7, 11) is 1.58. The van der Waals surface area contributed by atoms with Gasteiger partial charge in [0.1, 0.15) is 0 Å². The first-order valence-corrected chi connectivity index (χ1v) is 6.20. The number of pyridine rings is 1. The van der Waals surface area contributed by atoms with E-state index in [1.807, 2.05) is 12.1 Å². The van der Waals surface area contributed by atoms with Crippen LogP contribution in [0.5, 0.6) is 0 Å². The standard InChI is InChI=1S/C14H12ClN3O2/c1-18-9-11(6-7-13(18)19)14(20)17-16-8-10-4-2-3-5-12(10)15/h2-9H,1H3,(H,17,20)/b16-8+. The number of hydrogen-bond acceptors (Lipinski definition) is 3. The van der Waals surface area contributed by atoms with E-state index in [0.717, 1.165) is 0 Å². The van der Waals surface area contributed by atoms with E-state index in [1.54, 1.807) is 19.2 Å². The molecule has 0 aliphatic rings. The Kier molecular flexibility index (Phi) is 4.32. The molecule has 0 saturated carbocycles.